The summed E-state index contributed by atoms with van der Waals surface area (Å²) in [6.07, 6.45) is 2.75. The molecule has 156 valence electrons. The van der Waals surface area contributed by atoms with E-state index in [9.17, 15) is 0 Å². The van der Waals surface area contributed by atoms with Gasteiger partial charge in [-0.25, -0.2) is 19.6 Å². The lowest BCUT2D eigenvalue weighted by atomic mass is 9.80. The van der Waals surface area contributed by atoms with Crippen LogP contribution < -0.4 is 0 Å². The number of benzene rings is 1. The highest BCUT2D eigenvalue weighted by molar-refractivity contribution is 5.22. The summed E-state index contributed by atoms with van der Waals surface area (Å²) in [6.45, 7) is 18.3. The molecule has 0 aliphatic carbocycles. The molecule has 2 atom stereocenters. The molecule has 0 aliphatic rings. The van der Waals surface area contributed by atoms with Gasteiger partial charge in [0.25, 0.3) is 0 Å². The molecule has 0 aliphatic heterocycles. The lowest BCUT2D eigenvalue weighted by molar-refractivity contribution is -0.402. The van der Waals surface area contributed by atoms with Crippen molar-refractivity contribution in [3.05, 3.63) is 35.9 Å². The van der Waals surface area contributed by atoms with Crippen molar-refractivity contribution in [1.82, 2.24) is 0 Å². The van der Waals surface area contributed by atoms with Gasteiger partial charge in [-0.05, 0) is 80.2 Å². The standard InChI is InChI=1S/C23H40O4/c1-10-19(24-25-21(2,3)4)16-17-20(18-14-12-11-13-15-18)23(8,9)27-26-22(5,6)7/h11-15,19-20H,10,16-17H2,1-9H3. The fourth-order valence-electron chi connectivity index (χ4n) is 2.78. The Bertz CT molecular complexity index is 526. The molecule has 1 aromatic carbocycles. The molecule has 1 aromatic rings. The molecular weight excluding hydrogens is 340 g/mol. The van der Waals surface area contributed by atoms with Crippen molar-refractivity contribution in [2.24, 2.45) is 0 Å². The van der Waals surface area contributed by atoms with Crippen LogP contribution in [0.2, 0.25) is 0 Å². The molecule has 0 spiro atoms. The smallest absolute Gasteiger partial charge is 0.105 e. The second kappa shape index (κ2) is 10.0. The van der Waals surface area contributed by atoms with Crippen molar-refractivity contribution >= 4 is 0 Å². The monoisotopic (exact) mass is 380 g/mol. The van der Waals surface area contributed by atoms with Gasteiger partial charge in [0.15, 0.2) is 0 Å². The van der Waals surface area contributed by atoms with Crippen LogP contribution in [0.1, 0.15) is 93.1 Å². The molecule has 0 saturated carbocycles. The minimum atomic E-state index is -0.474. The van der Waals surface area contributed by atoms with Crippen LogP contribution in [0.15, 0.2) is 30.3 Å². The topological polar surface area (TPSA) is 36.9 Å². The maximum atomic E-state index is 5.92. The van der Waals surface area contributed by atoms with Crippen LogP contribution in [0, 0.1) is 0 Å². The molecular formula is C23H40O4. The molecule has 0 N–H and O–H groups in total. The predicted molar refractivity (Wildman–Crippen MR) is 110 cm³/mol. The highest BCUT2D eigenvalue weighted by Crippen LogP contribution is 2.37. The molecule has 0 heterocycles. The van der Waals surface area contributed by atoms with Crippen LogP contribution in [-0.4, -0.2) is 22.9 Å². The first-order chi connectivity index (χ1) is 12.3. The first-order valence-corrected chi connectivity index (χ1v) is 10.1. The maximum Gasteiger partial charge on any atom is 0.105 e. The van der Waals surface area contributed by atoms with E-state index in [0.717, 1.165) is 19.3 Å². The van der Waals surface area contributed by atoms with E-state index < -0.39 is 5.60 Å². The first kappa shape index (κ1) is 24.1. The summed E-state index contributed by atoms with van der Waals surface area (Å²) in [6, 6.07) is 10.5. The Kier molecular flexibility index (Phi) is 8.94. The van der Waals surface area contributed by atoms with Gasteiger partial charge in [0.1, 0.15) is 5.60 Å². The second-order valence-electron chi connectivity index (χ2n) is 9.75. The van der Waals surface area contributed by atoms with Crippen LogP contribution in [0.25, 0.3) is 0 Å². The van der Waals surface area contributed by atoms with E-state index in [0.29, 0.717) is 0 Å². The minimum Gasteiger partial charge on any atom is -0.233 e. The van der Waals surface area contributed by atoms with Crippen LogP contribution in [-0.2, 0) is 19.6 Å². The van der Waals surface area contributed by atoms with Crippen LogP contribution in [0.4, 0.5) is 0 Å². The summed E-state index contributed by atoms with van der Waals surface area (Å²) in [5.74, 6) is 0.174. The Morgan fingerprint density at radius 1 is 0.741 bits per heavy atom. The average Bonchev–Trinajstić information content (AvgIpc) is 2.55. The van der Waals surface area contributed by atoms with Gasteiger partial charge < -0.3 is 0 Å². The van der Waals surface area contributed by atoms with Crippen molar-refractivity contribution in [1.29, 1.82) is 0 Å². The van der Waals surface area contributed by atoms with Gasteiger partial charge in [0, 0.05) is 5.92 Å². The Hall–Kier alpha value is -0.940. The van der Waals surface area contributed by atoms with Crippen LogP contribution in [0.5, 0.6) is 0 Å². The highest BCUT2D eigenvalue weighted by atomic mass is 17.2. The van der Waals surface area contributed by atoms with E-state index in [4.69, 9.17) is 19.6 Å². The molecule has 4 nitrogen and oxygen atoms in total. The number of rotatable bonds is 10. The molecule has 0 amide bonds. The van der Waals surface area contributed by atoms with E-state index in [1.807, 2.05) is 47.6 Å². The van der Waals surface area contributed by atoms with E-state index in [-0.39, 0.29) is 23.2 Å². The van der Waals surface area contributed by atoms with Crippen molar-refractivity contribution in [2.45, 2.75) is 110 Å². The fourth-order valence-corrected chi connectivity index (χ4v) is 2.78. The minimum absolute atomic E-state index is 0.0507. The third kappa shape index (κ3) is 9.70. The molecule has 0 bridgehead atoms. The van der Waals surface area contributed by atoms with Crippen molar-refractivity contribution in [3.8, 4) is 0 Å². The van der Waals surface area contributed by atoms with Gasteiger partial charge in [-0.3, -0.25) is 0 Å². The predicted octanol–water partition coefficient (Wildman–Crippen LogP) is 6.60. The van der Waals surface area contributed by atoms with Gasteiger partial charge >= 0.3 is 0 Å². The summed E-state index contributed by atoms with van der Waals surface area (Å²) in [4.78, 5) is 22.8. The first-order valence-electron chi connectivity index (χ1n) is 10.1. The van der Waals surface area contributed by atoms with Gasteiger partial charge in [0.2, 0.25) is 0 Å². The third-order valence-corrected chi connectivity index (χ3v) is 4.21. The summed E-state index contributed by atoms with van der Waals surface area (Å²) in [5.41, 5.74) is 0.104. The maximum absolute atomic E-state index is 5.92. The lowest BCUT2D eigenvalue weighted by Crippen LogP contribution is -2.37. The Labute approximate surface area is 166 Å². The molecule has 0 saturated heterocycles. The normalized spacial score (nSPS) is 15.6. The van der Waals surface area contributed by atoms with Gasteiger partial charge in [-0.15, -0.1) is 0 Å². The largest absolute Gasteiger partial charge is 0.233 e. The van der Waals surface area contributed by atoms with Crippen molar-refractivity contribution in [3.63, 3.8) is 0 Å². The number of hydrogen-bond donors (Lipinski definition) is 0. The number of hydrogen-bond acceptors (Lipinski definition) is 4. The average molecular weight is 381 g/mol. The molecule has 0 radical (unpaired) electrons. The zero-order valence-corrected chi connectivity index (χ0v) is 18.8. The van der Waals surface area contributed by atoms with Gasteiger partial charge in [-0.2, -0.15) is 0 Å². The van der Waals surface area contributed by atoms with Crippen LogP contribution in [0.3, 0.4) is 0 Å². The lowest BCUT2D eigenvalue weighted by Gasteiger charge is -2.36. The van der Waals surface area contributed by atoms with E-state index in [2.05, 4.69) is 45.0 Å². The van der Waals surface area contributed by atoms with Gasteiger partial charge in [-0.1, -0.05) is 37.3 Å². The zero-order chi connectivity index (χ0) is 20.7. The van der Waals surface area contributed by atoms with E-state index in [1.54, 1.807) is 0 Å². The quantitative estimate of drug-likeness (QED) is 0.338. The fraction of sp³-hybridized carbons (Fsp3) is 0.739. The Morgan fingerprint density at radius 2 is 1.30 bits per heavy atom. The summed E-state index contributed by atoms with van der Waals surface area (Å²) >= 11 is 0. The Balaban J connectivity index is 2.86. The SMILES string of the molecule is CCC(CCC(c1ccccc1)C(C)(C)OOC(C)(C)C)OOC(C)(C)C. The molecule has 1 rings (SSSR count). The summed E-state index contributed by atoms with van der Waals surface area (Å²) < 4.78 is 0. The summed E-state index contributed by atoms with van der Waals surface area (Å²) in [7, 11) is 0. The molecule has 2 unspecified atom stereocenters. The molecule has 0 fully saturated rings. The molecule has 27 heavy (non-hydrogen) atoms. The third-order valence-electron chi connectivity index (χ3n) is 4.21. The van der Waals surface area contributed by atoms with E-state index in [1.165, 1.54) is 5.56 Å². The van der Waals surface area contributed by atoms with Crippen LogP contribution >= 0.6 is 0 Å². The van der Waals surface area contributed by atoms with Gasteiger partial charge in [0.05, 0.1) is 17.3 Å². The molecule has 4 heteroatoms. The highest BCUT2D eigenvalue weighted by Gasteiger charge is 2.35. The Morgan fingerprint density at radius 3 is 1.78 bits per heavy atom. The van der Waals surface area contributed by atoms with Crippen molar-refractivity contribution < 1.29 is 19.6 Å². The zero-order valence-electron chi connectivity index (χ0n) is 18.8. The molecule has 0 aromatic heterocycles. The summed E-state index contributed by atoms with van der Waals surface area (Å²) in [5, 5.41) is 0. The van der Waals surface area contributed by atoms with Crippen molar-refractivity contribution in [2.75, 3.05) is 0 Å². The second-order valence-corrected chi connectivity index (χ2v) is 9.75. The van der Waals surface area contributed by atoms with E-state index >= 15 is 0 Å².